The fourth-order valence-electron chi connectivity index (χ4n) is 4.95. The number of amides is 2. The SMILES string of the molecule is COc1cccc(OCC(O)CN2CCN(CCN3C(=O)c4cccc5cccc(c45)C3=O)CC2)c1.[Cl-].[H+]. The fourth-order valence-corrected chi connectivity index (χ4v) is 4.95. The molecular weight excluding hydrogens is 494 g/mol. The average Bonchev–Trinajstić information content (AvgIpc) is 2.91. The van der Waals surface area contributed by atoms with Gasteiger partial charge in [0.2, 0.25) is 0 Å². The maximum Gasteiger partial charge on any atom is 1.00 e. The van der Waals surface area contributed by atoms with Gasteiger partial charge < -0.3 is 27.0 Å². The van der Waals surface area contributed by atoms with Crippen LogP contribution in [0.2, 0.25) is 0 Å². The molecule has 1 N–H and O–H groups in total. The highest BCUT2D eigenvalue weighted by Crippen LogP contribution is 2.29. The van der Waals surface area contributed by atoms with Gasteiger partial charge in [0, 0.05) is 68.4 Å². The number of β-amino-alcohol motifs (C(OH)–C–C–N with tert-alkyl or cyclic N) is 1. The Bertz CT molecular complexity index is 1220. The molecule has 0 spiro atoms. The molecule has 1 atom stereocenters. The Kier molecular flexibility index (Phi) is 8.66. The Morgan fingerprint density at radius 3 is 2.11 bits per heavy atom. The summed E-state index contributed by atoms with van der Waals surface area (Å²) in [5.41, 5.74) is 1.19. The molecule has 9 heteroatoms. The van der Waals surface area contributed by atoms with E-state index in [0.717, 1.165) is 37.0 Å². The van der Waals surface area contributed by atoms with E-state index >= 15 is 0 Å². The number of nitrogens with zero attached hydrogens (tertiary/aromatic N) is 3. The fraction of sp³-hybridized carbons (Fsp3) is 0.357. The second kappa shape index (κ2) is 11.9. The second-order valence-corrected chi connectivity index (χ2v) is 9.26. The van der Waals surface area contributed by atoms with Gasteiger partial charge in [0.05, 0.1) is 7.11 Å². The van der Waals surface area contributed by atoms with Gasteiger partial charge in [0.15, 0.2) is 0 Å². The van der Waals surface area contributed by atoms with E-state index in [0.29, 0.717) is 42.3 Å². The largest absolute Gasteiger partial charge is 1.00 e. The first-order valence-corrected chi connectivity index (χ1v) is 12.3. The van der Waals surface area contributed by atoms with E-state index in [1.54, 1.807) is 25.3 Å². The Morgan fingerprint density at radius 1 is 0.865 bits per heavy atom. The predicted octanol–water partition coefficient (Wildman–Crippen LogP) is -0.382. The highest BCUT2D eigenvalue weighted by Gasteiger charge is 2.33. The average molecular weight is 526 g/mol. The van der Waals surface area contributed by atoms with Crippen LogP contribution in [0, 0.1) is 0 Å². The number of aliphatic hydroxyl groups excluding tert-OH is 1. The lowest BCUT2D eigenvalue weighted by Gasteiger charge is -2.36. The molecule has 37 heavy (non-hydrogen) atoms. The Hall–Kier alpha value is -3.17. The van der Waals surface area contributed by atoms with Crippen molar-refractivity contribution in [3.05, 3.63) is 71.8 Å². The molecule has 0 saturated carbocycles. The standard InChI is InChI=1S/C28H31N3O5.ClH/c1-35-22-7-4-8-23(17-22)36-19-21(32)18-30-13-11-29(12-14-30)15-16-31-27(33)24-9-2-5-20-6-3-10-25(26(20)24)28(31)34;/h2-10,17,21,32H,11-16,18-19H2,1H3;1H. The first-order chi connectivity index (χ1) is 17.5. The number of aliphatic hydroxyl groups is 1. The molecule has 1 fully saturated rings. The van der Waals surface area contributed by atoms with E-state index in [9.17, 15) is 14.7 Å². The van der Waals surface area contributed by atoms with Gasteiger partial charge in [-0.05, 0) is 29.7 Å². The molecule has 1 saturated heterocycles. The number of rotatable bonds is 9. The van der Waals surface area contributed by atoms with Crippen LogP contribution in [0.3, 0.4) is 0 Å². The minimum absolute atomic E-state index is 0. The van der Waals surface area contributed by atoms with Crippen LogP contribution < -0.4 is 21.9 Å². The topological polar surface area (TPSA) is 82.6 Å². The number of piperazine rings is 1. The molecular formula is C28H32ClN3O5. The van der Waals surface area contributed by atoms with Crippen LogP contribution in [0.5, 0.6) is 11.5 Å². The van der Waals surface area contributed by atoms with Crippen molar-refractivity contribution in [3.8, 4) is 11.5 Å². The van der Waals surface area contributed by atoms with E-state index in [4.69, 9.17) is 9.47 Å². The predicted molar refractivity (Wildman–Crippen MR) is 138 cm³/mol. The summed E-state index contributed by atoms with van der Waals surface area (Å²) >= 11 is 0. The second-order valence-electron chi connectivity index (χ2n) is 9.26. The molecule has 0 radical (unpaired) electrons. The summed E-state index contributed by atoms with van der Waals surface area (Å²) in [6.45, 7) is 4.96. The van der Waals surface area contributed by atoms with Crippen LogP contribution >= 0.6 is 0 Å². The number of imide groups is 1. The lowest BCUT2D eigenvalue weighted by molar-refractivity contribution is -0.0000343. The molecule has 2 amide bonds. The first-order valence-electron chi connectivity index (χ1n) is 12.3. The zero-order valence-electron chi connectivity index (χ0n) is 21.8. The van der Waals surface area contributed by atoms with Gasteiger partial charge in [0.1, 0.15) is 24.2 Å². The van der Waals surface area contributed by atoms with Gasteiger partial charge in [-0.25, -0.2) is 0 Å². The van der Waals surface area contributed by atoms with E-state index in [2.05, 4.69) is 9.80 Å². The van der Waals surface area contributed by atoms with Gasteiger partial charge in [-0.2, -0.15) is 0 Å². The zero-order valence-corrected chi connectivity index (χ0v) is 21.6. The highest BCUT2D eigenvalue weighted by atomic mass is 35.5. The summed E-state index contributed by atoms with van der Waals surface area (Å²) in [5, 5.41) is 12.1. The molecule has 2 heterocycles. The Labute approximate surface area is 224 Å². The summed E-state index contributed by atoms with van der Waals surface area (Å²) < 4.78 is 10.9. The third-order valence-corrected chi connectivity index (χ3v) is 6.91. The van der Waals surface area contributed by atoms with Crippen molar-refractivity contribution in [3.63, 3.8) is 0 Å². The summed E-state index contributed by atoms with van der Waals surface area (Å²) in [4.78, 5) is 32.0. The highest BCUT2D eigenvalue weighted by molar-refractivity contribution is 6.25. The van der Waals surface area contributed by atoms with Crippen molar-refractivity contribution in [2.24, 2.45) is 0 Å². The number of carbonyl (C=O) groups excluding carboxylic acids is 2. The zero-order chi connectivity index (χ0) is 25.1. The summed E-state index contributed by atoms with van der Waals surface area (Å²) in [6, 6.07) is 18.5. The molecule has 0 aromatic heterocycles. The van der Waals surface area contributed by atoms with E-state index in [1.165, 1.54) is 4.90 Å². The van der Waals surface area contributed by atoms with Crippen molar-refractivity contribution in [1.29, 1.82) is 0 Å². The van der Waals surface area contributed by atoms with Gasteiger partial charge >= 0.3 is 1.43 Å². The van der Waals surface area contributed by atoms with Gasteiger partial charge in [0.25, 0.3) is 11.8 Å². The van der Waals surface area contributed by atoms with Crippen LogP contribution in [-0.4, -0.2) is 97.3 Å². The van der Waals surface area contributed by atoms with Crippen LogP contribution in [0.25, 0.3) is 10.8 Å². The molecule has 3 aromatic rings. The Morgan fingerprint density at radius 2 is 1.46 bits per heavy atom. The van der Waals surface area contributed by atoms with Crippen molar-refractivity contribution in [2.75, 3.05) is 59.5 Å². The summed E-state index contributed by atoms with van der Waals surface area (Å²) in [7, 11) is 1.61. The maximum atomic E-state index is 13.1. The normalized spacial score (nSPS) is 17.0. The lowest BCUT2D eigenvalue weighted by Crippen LogP contribution is -3.00. The third kappa shape index (κ3) is 5.88. The molecule has 8 nitrogen and oxygen atoms in total. The maximum absolute atomic E-state index is 13.1. The molecule has 1 unspecified atom stereocenters. The van der Waals surface area contributed by atoms with Crippen molar-refractivity contribution in [1.82, 2.24) is 14.7 Å². The molecule has 5 rings (SSSR count). The van der Waals surface area contributed by atoms with Crippen LogP contribution in [0.15, 0.2) is 60.7 Å². The molecule has 2 aliphatic heterocycles. The van der Waals surface area contributed by atoms with Crippen molar-refractivity contribution in [2.45, 2.75) is 6.10 Å². The van der Waals surface area contributed by atoms with Crippen LogP contribution in [0.1, 0.15) is 22.1 Å². The van der Waals surface area contributed by atoms with E-state index in [1.807, 2.05) is 42.5 Å². The summed E-state index contributed by atoms with van der Waals surface area (Å²) in [5.74, 6) is 0.940. The molecule has 0 bridgehead atoms. The smallest absolute Gasteiger partial charge is 1.00 e. The molecule has 0 aliphatic carbocycles. The number of carbonyl (C=O) groups is 2. The number of halogens is 1. The molecule has 196 valence electrons. The van der Waals surface area contributed by atoms with E-state index in [-0.39, 0.29) is 32.3 Å². The first kappa shape index (κ1) is 26.9. The molecule has 3 aromatic carbocycles. The monoisotopic (exact) mass is 525 g/mol. The number of hydrogen-bond acceptors (Lipinski definition) is 7. The number of hydrogen-bond donors (Lipinski definition) is 1. The van der Waals surface area contributed by atoms with Gasteiger partial charge in [-0.1, -0.05) is 30.3 Å². The van der Waals surface area contributed by atoms with Gasteiger partial charge in [-0.3, -0.25) is 24.3 Å². The van der Waals surface area contributed by atoms with Crippen LogP contribution in [0.4, 0.5) is 0 Å². The number of ether oxygens (including phenoxy) is 2. The minimum atomic E-state index is -0.603. The quantitative estimate of drug-likeness (QED) is 0.381. The lowest BCUT2D eigenvalue weighted by atomic mass is 9.94. The number of benzene rings is 3. The summed E-state index contributed by atoms with van der Waals surface area (Å²) in [6.07, 6.45) is -0.603. The van der Waals surface area contributed by atoms with Crippen molar-refractivity contribution >= 4 is 22.6 Å². The third-order valence-electron chi connectivity index (χ3n) is 6.91. The molecule has 2 aliphatic rings. The van der Waals surface area contributed by atoms with E-state index < -0.39 is 6.10 Å². The van der Waals surface area contributed by atoms with Gasteiger partial charge in [-0.15, -0.1) is 0 Å². The van der Waals surface area contributed by atoms with Crippen LogP contribution in [-0.2, 0) is 0 Å². The minimum Gasteiger partial charge on any atom is -1.00 e. The number of methoxy groups -OCH3 is 1. The Balaban J connectivity index is 0.00000200. The van der Waals surface area contributed by atoms with Crippen molar-refractivity contribution < 1.29 is 38.0 Å².